The number of nitrogens with one attached hydrogen (secondary N) is 1. The van der Waals surface area contributed by atoms with Crippen LogP contribution in [0.5, 0.6) is 0 Å². The molecule has 0 aliphatic heterocycles. The quantitative estimate of drug-likeness (QED) is 0.866. The number of halogens is 3. The van der Waals surface area contributed by atoms with Crippen LogP contribution in [-0.2, 0) is 0 Å². The molecule has 116 valence electrons. The lowest BCUT2D eigenvalue weighted by atomic mass is 9.79. The fraction of sp³-hybridized carbons (Fsp3) is 0.533. The molecule has 1 saturated carbocycles. The molecule has 1 aromatic rings. The van der Waals surface area contributed by atoms with Crippen molar-refractivity contribution < 1.29 is 18.7 Å². The molecule has 21 heavy (non-hydrogen) atoms. The molecule has 6 heteroatoms. The summed E-state index contributed by atoms with van der Waals surface area (Å²) in [7, 11) is 0. The third-order valence-electron chi connectivity index (χ3n) is 4.02. The highest BCUT2D eigenvalue weighted by atomic mass is 79.9. The smallest absolute Gasteiger partial charge is 0.257 e. The van der Waals surface area contributed by atoms with Crippen molar-refractivity contribution in [1.82, 2.24) is 5.32 Å². The van der Waals surface area contributed by atoms with Gasteiger partial charge in [-0.25, -0.2) is 8.78 Å². The Morgan fingerprint density at radius 1 is 1.38 bits per heavy atom. The van der Waals surface area contributed by atoms with E-state index >= 15 is 0 Å². The number of carbonyl (C=O) groups excluding carboxylic acids is 1. The minimum absolute atomic E-state index is 0.00744. The van der Waals surface area contributed by atoms with Crippen LogP contribution in [0, 0.1) is 17.6 Å². The summed E-state index contributed by atoms with van der Waals surface area (Å²) in [6.45, 7) is 2.12. The number of carbonyl (C=O) groups is 1. The molecule has 3 nitrogen and oxygen atoms in total. The normalized spacial score (nSPS) is 25.7. The van der Waals surface area contributed by atoms with Crippen molar-refractivity contribution in [2.24, 2.45) is 5.92 Å². The van der Waals surface area contributed by atoms with E-state index in [0.717, 1.165) is 25.0 Å². The summed E-state index contributed by atoms with van der Waals surface area (Å²) >= 11 is 2.96. The van der Waals surface area contributed by atoms with E-state index in [4.69, 9.17) is 0 Å². The van der Waals surface area contributed by atoms with Gasteiger partial charge in [0.15, 0.2) is 0 Å². The van der Waals surface area contributed by atoms with E-state index in [1.54, 1.807) is 0 Å². The molecule has 0 saturated heterocycles. The van der Waals surface area contributed by atoms with Crippen molar-refractivity contribution in [2.75, 3.05) is 6.54 Å². The monoisotopic (exact) mass is 361 g/mol. The molecule has 1 aromatic carbocycles. The van der Waals surface area contributed by atoms with Crippen LogP contribution in [0.2, 0.25) is 0 Å². The summed E-state index contributed by atoms with van der Waals surface area (Å²) in [5.41, 5.74) is -1.60. The number of hydrogen-bond donors (Lipinski definition) is 2. The number of hydrogen-bond acceptors (Lipinski definition) is 2. The van der Waals surface area contributed by atoms with E-state index in [9.17, 15) is 18.7 Å². The second-order valence-corrected chi connectivity index (χ2v) is 6.75. The Morgan fingerprint density at radius 3 is 2.43 bits per heavy atom. The van der Waals surface area contributed by atoms with Gasteiger partial charge in [-0.05, 0) is 43.7 Å². The molecule has 2 N–H and O–H groups in total. The van der Waals surface area contributed by atoms with Gasteiger partial charge in [0.1, 0.15) is 17.2 Å². The largest absolute Gasteiger partial charge is 0.388 e. The lowest BCUT2D eigenvalue weighted by Crippen LogP contribution is -2.45. The summed E-state index contributed by atoms with van der Waals surface area (Å²) in [4.78, 5) is 11.9. The first-order valence-corrected chi connectivity index (χ1v) is 7.75. The van der Waals surface area contributed by atoms with E-state index in [-0.39, 0.29) is 11.0 Å². The van der Waals surface area contributed by atoms with E-state index in [2.05, 4.69) is 28.2 Å². The molecule has 1 aliphatic carbocycles. The van der Waals surface area contributed by atoms with Crippen LogP contribution >= 0.6 is 15.9 Å². The molecular formula is C15H18BrF2NO2. The van der Waals surface area contributed by atoms with Gasteiger partial charge in [-0.3, -0.25) is 4.79 Å². The molecule has 2 rings (SSSR count). The first kappa shape index (κ1) is 16.4. The van der Waals surface area contributed by atoms with Gasteiger partial charge in [0.25, 0.3) is 5.91 Å². The second kappa shape index (κ2) is 6.40. The maximum atomic E-state index is 13.7. The fourth-order valence-electron chi connectivity index (χ4n) is 2.57. The third-order valence-corrected chi connectivity index (χ3v) is 4.47. The first-order valence-electron chi connectivity index (χ1n) is 6.96. The lowest BCUT2D eigenvalue weighted by Gasteiger charge is -2.34. The molecule has 0 atom stereocenters. The topological polar surface area (TPSA) is 49.3 Å². The third kappa shape index (κ3) is 4.01. The lowest BCUT2D eigenvalue weighted by molar-refractivity contribution is -0.00547. The Labute approximate surface area is 130 Å². The summed E-state index contributed by atoms with van der Waals surface area (Å²) in [5.74, 6) is -2.14. The van der Waals surface area contributed by atoms with Gasteiger partial charge in [0.2, 0.25) is 0 Å². The Balaban J connectivity index is 2.02. The van der Waals surface area contributed by atoms with Crippen molar-refractivity contribution in [3.8, 4) is 0 Å². The van der Waals surface area contributed by atoms with Crippen molar-refractivity contribution in [3.05, 3.63) is 33.8 Å². The molecule has 0 radical (unpaired) electrons. The van der Waals surface area contributed by atoms with Gasteiger partial charge < -0.3 is 10.4 Å². The van der Waals surface area contributed by atoms with Crippen LogP contribution in [-0.4, -0.2) is 23.2 Å². The predicted molar refractivity (Wildman–Crippen MR) is 79.0 cm³/mol. The van der Waals surface area contributed by atoms with Crippen LogP contribution in [0.25, 0.3) is 0 Å². The Hall–Kier alpha value is -1.01. The van der Waals surface area contributed by atoms with Crippen molar-refractivity contribution >= 4 is 21.8 Å². The summed E-state index contributed by atoms with van der Waals surface area (Å²) in [6.07, 6.45) is 2.93. The minimum Gasteiger partial charge on any atom is -0.388 e. The van der Waals surface area contributed by atoms with E-state index in [1.165, 1.54) is 0 Å². The summed E-state index contributed by atoms with van der Waals surface area (Å²) in [6, 6.07) is 2.07. The molecule has 0 aromatic heterocycles. The Morgan fingerprint density at radius 2 is 1.90 bits per heavy atom. The highest BCUT2D eigenvalue weighted by molar-refractivity contribution is 9.10. The maximum absolute atomic E-state index is 13.7. The van der Waals surface area contributed by atoms with Crippen molar-refractivity contribution in [1.29, 1.82) is 0 Å². The standard InChI is InChI=1S/C15H18BrF2NO2/c1-9-2-4-15(21,5-3-9)8-19-14(20)13-11(17)6-10(16)7-12(13)18/h6-7,9,21H,2-5,8H2,1H3,(H,19,20). The number of benzene rings is 1. The molecule has 0 spiro atoms. The molecule has 1 fully saturated rings. The van der Waals surface area contributed by atoms with Gasteiger partial charge in [-0.1, -0.05) is 22.9 Å². The Bertz CT molecular complexity index is 519. The SMILES string of the molecule is CC1CCC(O)(CNC(=O)c2c(F)cc(Br)cc2F)CC1. The van der Waals surface area contributed by atoms with Gasteiger partial charge in [-0.15, -0.1) is 0 Å². The van der Waals surface area contributed by atoms with E-state index in [1.807, 2.05) is 0 Å². The zero-order valence-electron chi connectivity index (χ0n) is 11.8. The molecule has 0 heterocycles. The molecule has 0 bridgehead atoms. The maximum Gasteiger partial charge on any atom is 0.257 e. The van der Waals surface area contributed by atoms with Gasteiger partial charge in [-0.2, -0.15) is 0 Å². The van der Waals surface area contributed by atoms with Crippen LogP contribution in [0.3, 0.4) is 0 Å². The highest BCUT2D eigenvalue weighted by Gasteiger charge is 2.32. The van der Waals surface area contributed by atoms with Gasteiger partial charge >= 0.3 is 0 Å². The van der Waals surface area contributed by atoms with Crippen LogP contribution in [0.1, 0.15) is 43.0 Å². The average Bonchev–Trinajstić information content (AvgIpc) is 2.39. The predicted octanol–water partition coefficient (Wildman–Crippen LogP) is 3.40. The summed E-state index contributed by atoms with van der Waals surface area (Å²) in [5, 5.41) is 12.8. The molecule has 1 aliphatic rings. The van der Waals surface area contributed by atoms with Crippen LogP contribution in [0.4, 0.5) is 8.78 Å². The van der Waals surface area contributed by atoms with Crippen molar-refractivity contribution in [2.45, 2.75) is 38.2 Å². The van der Waals surface area contributed by atoms with Crippen molar-refractivity contribution in [3.63, 3.8) is 0 Å². The zero-order chi connectivity index (χ0) is 15.6. The van der Waals surface area contributed by atoms with E-state index in [0.29, 0.717) is 18.8 Å². The Kier molecular flexibility index (Phi) is 4.99. The average molecular weight is 362 g/mol. The summed E-state index contributed by atoms with van der Waals surface area (Å²) < 4.78 is 27.6. The van der Waals surface area contributed by atoms with E-state index < -0.39 is 28.7 Å². The molecular weight excluding hydrogens is 344 g/mol. The number of rotatable bonds is 3. The van der Waals surface area contributed by atoms with Crippen LogP contribution in [0.15, 0.2) is 16.6 Å². The zero-order valence-corrected chi connectivity index (χ0v) is 13.3. The van der Waals surface area contributed by atoms with Crippen LogP contribution < -0.4 is 5.32 Å². The number of aliphatic hydroxyl groups is 1. The first-order chi connectivity index (χ1) is 9.81. The molecule has 1 amide bonds. The fourth-order valence-corrected chi connectivity index (χ4v) is 2.97. The number of amides is 1. The highest BCUT2D eigenvalue weighted by Crippen LogP contribution is 2.31. The molecule has 0 unspecified atom stereocenters. The van der Waals surface area contributed by atoms with Gasteiger partial charge in [0, 0.05) is 11.0 Å². The second-order valence-electron chi connectivity index (χ2n) is 5.83. The minimum atomic E-state index is -0.982. The van der Waals surface area contributed by atoms with Gasteiger partial charge in [0.05, 0.1) is 5.60 Å².